The minimum absolute atomic E-state index is 0.513. The Kier molecular flexibility index (Phi) is 5.32. The number of hydrogen-bond acceptors (Lipinski definition) is 0. The van der Waals surface area contributed by atoms with E-state index in [0.717, 1.165) is 17.8 Å². The van der Waals surface area contributed by atoms with E-state index in [0.29, 0.717) is 5.92 Å². The third-order valence-electron chi connectivity index (χ3n) is 9.92. The van der Waals surface area contributed by atoms with Gasteiger partial charge in [-0.2, -0.15) is 0 Å². The molecule has 3 heterocycles. The fourth-order valence-corrected chi connectivity index (χ4v) is 7.91. The van der Waals surface area contributed by atoms with E-state index < -0.39 is 0 Å². The van der Waals surface area contributed by atoms with Crippen LogP contribution in [0, 0.1) is 5.92 Å². The first-order valence-corrected chi connectivity index (χ1v) is 16.2. The molecule has 1 aliphatic rings. The highest BCUT2D eigenvalue weighted by Gasteiger charge is 2.20. The van der Waals surface area contributed by atoms with Gasteiger partial charge in [0.1, 0.15) is 0 Å². The molecule has 0 spiro atoms. The van der Waals surface area contributed by atoms with Crippen molar-refractivity contribution in [2.45, 2.75) is 13.3 Å². The van der Waals surface area contributed by atoms with Gasteiger partial charge < -0.3 is 13.7 Å². The van der Waals surface area contributed by atoms with Crippen molar-refractivity contribution in [1.29, 1.82) is 0 Å². The predicted molar refractivity (Wildman–Crippen MR) is 195 cm³/mol. The van der Waals surface area contributed by atoms with Crippen molar-refractivity contribution in [1.82, 2.24) is 13.7 Å². The Morgan fingerprint density at radius 3 is 1.35 bits per heavy atom. The van der Waals surface area contributed by atoms with E-state index in [1.807, 2.05) is 0 Å². The molecule has 3 aromatic heterocycles. The molecule has 0 saturated heterocycles. The van der Waals surface area contributed by atoms with Crippen LogP contribution in [0.2, 0.25) is 0 Å². The van der Waals surface area contributed by atoms with Gasteiger partial charge in [-0.15, -0.1) is 0 Å². The Balaban J connectivity index is 1.23. The van der Waals surface area contributed by atoms with Gasteiger partial charge in [0, 0.05) is 49.4 Å². The zero-order valence-electron chi connectivity index (χ0n) is 25.6. The SMILES string of the molecule is CC1C=C(n2c3ccccc3c3cc4c5ccccc5n(-c5ccc(-n6c7ccccc7c7ccccc76)cc5)c4cc32)C=CC1. The number of benzene rings is 6. The van der Waals surface area contributed by atoms with Crippen molar-refractivity contribution in [2.75, 3.05) is 0 Å². The van der Waals surface area contributed by atoms with Crippen LogP contribution in [0.25, 0.3) is 82.5 Å². The van der Waals surface area contributed by atoms with Gasteiger partial charge in [-0.1, -0.05) is 91.9 Å². The molecule has 1 atom stereocenters. The van der Waals surface area contributed by atoms with E-state index >= 15 is 0 Å². The first kappa shape index (κ1) is 25.5. The van der Waals surface area contributed by atoms with Crippen molar-refractivity contribution >= 4 is 71.1 Å². The maximum Gasteiger partial charge on any atom is 0.0562 e. The Bertz CT molecular complexity index is 2670. The summed E-state index contributed by atoms with van der Waals surface area (Å²) in [5.74, 6) is 0.513. The summed E-state index contributed by atoms with van der Waals surface area (Å²) >= 11 is 0. The molecule has 3 heteroatoms. The highest BCUT2D eigenvalue weighted by molar-refractivity contribution is 6.19. The molecule has 9 aromatic rings. The third-order valence-corrected chi connectivity index (χ3v) is 9.92. The molecule has 1 unspecified atom stereocenters. The Morgan fingerprint density at radius 2 is 0.848 bits per heavy atom. The van der Waals surface area contributed by atoms with E-state index in [1.165, 1.54) is 71.1 Å². The lowest BCUT2D eigenvalue weighted by molar-refractivity contribution is 0.735. The monoisotopic (exact) mass is 589 g/mol. The molecule has 46 heavy (non-hydrogen) atoms. The van der Waals surface area contributed by atoms with Crippen LogP contribution in [0.15, 0.2) is 152 Å². The lowest BCUT2D eigenvalue weighted by Crippen LogP contribution is -2.02. The van der Waals surface area contributed by atoms with Crippen molar-refractivity contribution in [2.24, 2.45) is 5.92 Å². The molecule has 1 aliphatic carbocycles. The summed E-state index contributed by atoms with van der Waals surface area (Å²) in [6.07, 6.45) is 8.11. The number of aromatic nitrogens is 3. The first-order chi connectivity index (χ1) is 22.7. The number of fused-ring (bicyclic) bond motifs is 9. The lowest BCUT2D eigenvalue weighted by atomic mass is 10.0. The van der Waals surface area contributed by atoms with Crippen LogP contribution >= 0.6 is 0 Å². The molecule has 0 saturated carbocycles. The molecule has 6 aromatic carbocycles. The number of allylic oxidation sites excluding steroid dienone is 4. The third kappa shape index (κ3) is 3.54. The molecule has 218 valence electrons. The van der Waals surface area contributed by atoms with Crippen LogP contribution in [0.5, 0.6) is 0 Å². The highest BCUT2D eigenvalue weighted by atomic mass is 15.0. The van der Waals surface area contributed by atoms with Gasteiger partial charge >= 0.3 is 0 Å². The van der Waals surface area contributed by atoms with Crippen LogP contribution in [-0.4, -0.2) is 13.7 Å². The molecule has 0 bridgehead atoms. The maximum absolute atomic E-state index is 2.46. The first-order valence-electron chi connectivity index (χ1n) is 16.2. The molecule has 0 amide bonds. The van der Waals surface area contributed by atoms with E-state index in [4.69, 9.17) is 0 Å². The zero-order chi connectivity index (χ0) is 30.4. The van der Waals surface area contributed by atoms with Gasteiger partial charge in [0.25, 0.3) is 0 Å². The Morgan fingerprint density at radius 1 is 0.435 bits per heavy atom. The largest absolute Gasteiger partial charge is 0.309 e. The second kappa shape index (κ2) is 9.60. The van der Waals surface area contributed by atoms with Crippen LogP contribution in [-0.2, 0) is 0 Å². The Labute approximate surface area is 266 Å². The normalized spacial score (nSPS) is 15.2. The highest BCUT2D eigenvalue weighted by Crippen LogP contribution is 2.40. The number of para-hydroxylation sites is 4. The van der Waals surface area contributed by atoms with E-state index in [2.05, 4.69) is 172 Å². The summed E-state index contributed by atoms with van der Waals surface area (Å²) in [4.78, 5) is 0. The second-order valence-corrected chi connectivity index (χ2v) is 12.7. The van der Waals surface area contributed by atoms with Crippen LogP contribution in [0.1, 0.15) is 13.3 Å². The molecule has 10 rings (SSSR count). The summed E-state index contributed by atoms with van der Waals surface area (Å²) in [6, 6.07) is 49.0. The summed E-state index contributed by atoms with van der Waals surface area (Å²) in [7, 11) is 0. The van der Waals surface area contributed by atoms with Crippen molar-refractivity contribution in [3.8, 4) is 11.4 Å². The van der Waals surface area contributed by atoms with Gasteiger partial charge in [-0.3, -0.25) is 0 Å². The molecule has 0 fully saturated rings. The quantitative estimate of drug-likeness (QED) is 0.195. The molecule has 0 radical (unpaired) electrons. The van der Waals surface area contributed by atoms with E-state index in [9.17, 15) is 0 Å². The standard InChI is InChI=1S/C43H31N3/c1-28-11-10-12-31(25-28)46-41-20-9-5-16-35(41)37-26-36-34-15-4-8-19-40(34)45(42(36)27-43(37)46)30-23-21-29(22-24-30)44-38-17-6-2-13-32(38)33-14-3-7-18-39(33)44/h2-10,12-28H,11H2,1H3. The number of nitrogens with zero attached hydrogens (tertiary/aromatic N) is 3. The van der Waals surface area contributed by atoms with Crippen molar-refractivity contribution < 1.29 is 0 Å². The van der Waals surface area contributed by atoms with Gasteiger partial charge in [-0.25, -0.2) is 0 Å². The van der Waals surface area contributed by atoms with E-state index in [-0.39, 0.29) is 0 Å². The molecule has 0 aliphatic heterocycles. The minimum atomic E-state index is 0.513. The molecular formula is C43H31N3. The maximum atomic E-state index is 2.46. The van der Waals surface area contributed by atoms with Crippen LogP contribution in [0.3, 0.4) is 0 Å². The summed E-state index contributed by atoms with van der Waals surface area (Å²) in [5.41, 5.74) is 11.0. The van der Waals surface area contributed by atoms with Crippen molar-refractivity contribution in [3.63, 3.8) is 0 Å². The van der Waals surface area contributed by atoms with Crippen LogP contribution in [0.4, 0.5) is 0 Å². The van der Waals surface area contributed by atoms with Gasteiger partial charge in [0.15, 0.2) is 0 Å². The van der Waals surface area contributed by atoms with Gasteiger partial charge in [0.05, 0.1) is 33.1 Å². The zero-order valence-corrected chi connectivity index (χ0v) is 25.6. The summed E-state index contributed by atoms with van der Waals surface area (Å²) in [6.45, 7) is 2.30. The van der Waals surface area contributed by atoms with E-state index in [1.54, 1.807) is 0 Å². The van der Waals surface area contributed by atoms with Crippen LogP contribution < -0.4 is 0 Å². The Hall–Kier alpha value is -5.80. The van der Waals surface area contributed by atoms with Crippen molar-refractivity contribution in [3.05, 3.63) is 152 Å². The second-order valence-electron chi connectivity index (χ2n) is 12.7. The fourth-order valence-electron chi connectivity index (χ4n) is 7.91. The summed E-state index contributed by atoms with van der Waals surface area (Å²) in [5, 5.41) is 7.69. The van der Waals surface area contributed by atoms with Gasteiger partial charge in [0.2, 0.25) is 0 Å². The summed E-state index contributed by atoms with van der Waals surface area (Å²) < 4.78 is 7.29. The average Bonchev–Trinajstić information content (AvgIpc) is 3.73. The molecule has 0 N–H and O–H groups in total. The number of hydrogen-bond donors (Lipinski definition) is 0. The molecular weight excluding hydrogens is 558 g/mol. The fraction of sp³-hybridized carbons (Fsp3) is 0.0698. The number of rotatable bonds is 3. The average molecular weight is 590 g/mol. The lowest BCUT2D eigenvalue weighted by Gasteiger charge is -2.16. The molecule has 3 nitrogen and oxygen atoms in total. The van der Waals surface area contributed by atoms with Gasteiger partial charge in [-0.05, 0) is 79.1 Å². The predicted octanol–water partition coefficient (Wildman–Crippen LogP) is 11.4. The topological polar surface area (TPSA) is 14.8 Å². The smallest absolute Gasteiger partial charge is 0.0562 e. The minimum Gasteiger partial charge on any atom is -0.309 e.